The van der Waals surface area contributed by atoms with Gasteiger partial charge in [-0.3, -0.25) is 4.90 Å². The van der Waals surface area contributed by atoms with Crippen LogP contribution in [0.2, 0.25) is 0 Å². The number of rotatable bonds is 4. The average molecular weight is 446 g/mol. The fourth-order valence-electron chi connectivity index (χ4n) is 3.68. The first kappa shape index (κ1) is 20.7. The van der Waals surface area contributed by atoms with E-state index in [2.05, 4.69) is 46.3 Å². The molecule has 0 saturated carbocycles. The largest absolute Gasteiger partial charge is 0.495 e. The summed E-state index contributed by atoms with van der Waals surface area (Å²) in [5, 5.41) is 0. The maximum absolute atomic E-state index is 13.2. The van der Waals surface area contributed by atoms with Crippen LogP contribution >= 0.6 is 15.9 Å². The van der Waals surface area contributed by atoms with E-state index in [1.807, 2.05) is 37.8 Å². The van der Waals surface area contributed by atoms with Crippen LogP contribution in [-0.4, -0.2) is 24.8 Å². The van der Waals surface area contributed by atoms with Crippen molar-refractivity contribution >= 4 is 27.7 Å². The molecule has 1 unspecified atom stereocenters. The molecule has 0 spiro atoms. The van der Waals surface area contributed by atoms with E-state index in [0.717, 1.165) is 41.4 Å². The van der Waals surface area contributed by atoms with Crippen LogP contribution in [0, 0.1) is 0 Å². The van der Waals surface area contributed by atoms with Gasteiger partial charge in [-0.05, 0) is 69.7 Å². The van der Waals surface area contributed by atoms with Gasteiger partial charge in [-0.1, -0.05) is 46.3 Å². The van der Waals surface area contributed by atoms with Crippen molar-refractivity contribution in [2.45, 2.75) is 58.1 Å². The lowest BCUT2D eigenvalue weighted by Gasteiger charge is -2.39. The standard InChI is InChI=1S/C23H28BrNO3/c1-23(2,3)28-22(26)25-19(12-10-16-8-6-5-7-9-16)13-11-17-14-18(24)15-20(27-4)21(17)25/h5-9,14-15,19H,10-13H2,1-4H3. The number of fused-ring (bicyclic) bond motifs is 1. The first-order chi connectivity index (χ1) is 13.3. The smallest absolute Gasteiger partial charge is 0.415 e. The van der Waals surface area contributed by atoms with Gasteiger partial charge >= 0.3 is 6.09 Å². The summed E-state index contributed by atoms with van der Waals surface area (Å²) in [6.07, 6.45) is 3.29. The highest BCUT2D eigenvalue weighted by Crippen LogP contribution is 2.42. The highest BCUT2D eigenvalue weighted by atomic mass is 79.9. The predicted octanol–water partition coefficient (Wildman–Crippen LogP) is 6.15. The molecule has 2 aromatic carbocycles. The molecule has 0 radical (unpaired) electrons. The van der Waals surface area contributed by atoms with Crippen LogP contribution < -0.4 is 9.64 Å². The maximum atomic E-state index is 13.2. The van der Waals surface area contributed by atoms with Crippen LogP contribution in [0.4, 0.5) is 10.5 Å². The van der Waals surface area contributed by atoms with Gasteiger partial charge < -0.3 is 9.47 Å². The molecular weight excluding hydrogens is 418 g/mol. The Labute approximate surface area is 176 Å². The lowest BCUT2D eigenvalue weighted by Crippen LogP contribution is -2.46. The third-order valence-corrected chi connectivity index (χ3v) is 5.35. The Hall–Kier alpha value is -2.01. The van der Waals surface area contributed by atoms with Crippen molar-refractivity contribution in [1.82, 2.24) is 0 Å². The SMILES string of the molecule is COc1cc(Br)cc2c1N(C(=O)OC(C)(C)C)C(CCc1ccccc1)CC2. The van der Waals surface area contributed by atoms with Gasteiger partial charge in [-0.2, -0.15) is 0 Å². The Bertz CT molecular complexity index is 812. The molecule has 5 heteroatoms. The van der Waals surface area contributed by atoms with Crippen molar-refractivity contribution in [3.05, 3.63) is 58.1 Å². The summed E-state index contributed by atoms with van der Waals surface area (Å²) < 4.78 is 12.4. The Morgan fingerprint density at radius 2 is 1.93 bits per heavy atom. The summed E-state index contributed by atoms with van der Waals surface area (Å²) in [5.41, 5.74) is 2.67. The van der Waals surface area contributed by atoms with Gasteiger partial charge in [0, 0.05) is 10.5 Å². The number of methoxy groups -OCH3 is 1. The van der Waals surface area contributed by atoms with Crippen LogP contribution in [0.1, 0.15) is 44.7 Å². The topological polar surface area (TPSA) is 38.8 Å². The number of carbonyl (C=O) groups is 1. The second-order valence-electron chi connectivity index (χ2n) is 8.18. The predicted molar refractivity (Wildman–Crippen MR) is 116 cm³/mol. The molecule has 1 atom stereocenters. The second-order valence-corrected chi connectivity index (χ2v) is 9.10. The summed E-state index contributed by atoms with van der Waals surface area (Å²) in [7, 11) is 1.64. The molecule has 0 bridgehead atoms. The highest BCUT2D eigenvalue weighted by Gasteiger charge is 2.36. The Balaban J connectivity index is 1.94. The van der Waals surface area contributed by atoms with Crippen molar-refractivity contribution in [2.24, 2.45) is 0 Å². The number of amides is 1. The number of anilines is 1. The fraction of sp³-hybridized carbons (Fsp3) is 0.435. The molecule has 1 aliphatic rings. The molecule has 1 amide bonds. The minimum atomic E-state index is -0.554. The third-order valence-electron chi connectivity index (χ3n) is 4.89. The zero-order chi connectivity index (χ0) is 20.3. The van der Waals surface area contributed by atoms with Crippen LogP contribution in [0.3, 0.4) is 0 Å². The van der Waals surface area contributed by atoms with Gasteiger partial charge in [0.05, 0.1) is 12.8 Å². The lowest BCUT2D eigenvalue weighted by atomic mass is 9.92. The maximum Gasteiger partial charge on any atom is 0.415 e. The molecule has 1 heterocycles. The van der Waals surface area contributed by atoms with E-state index in [1.54, 1.807) is 7.11 Å². The van der Waals surface area contributed by atoms with Crippen molar-refractivity contribution in [3.8, 4) is 5.75 Å². The molecule has 0 fully saturated rings. The van der Waals surface area contributed by atoms with Gasteiger partial charge in [-0.25, -0.2) is 4.79 Å². The highest BCUT2D eigenvalue weighted by molar-refractivity contribution is 9.10. The summed E-state index contributed by atoms with van der Waals surface area (Å²) in [5.74, 6) is 0.694. The Kier molecular flexibility index (Phi) is 6.33. The third kappa shape index (κ3) is 4.88. The lowest BCUT2D eigenvalue weighted by molar-refractivity contribution is 0.0557. The van der Waals surface area contributed by atoms with E-state index in [1.165, 1.54) is 5.56 Å². The normalized spacial score (nSPS) is 16.5. The quantitative estimate of drug-likeness (QED) is 0.566. The molecule has 2 aromatic rings. The van der Waals surface area contributed by atoms with E-state index in [-0.39, 0.29) is 12.1 Å². The molecule has 150 valence electrons. The van der Waals surface area contributed by atoms with Crippen LogP contribution in [0.25, 0.3) is 0 Å². The molecule has 0 N–H and O–H groups in total. The molecule has 1 aliphatic heterocycles. The molecule has 0 aliphatic carbocycles. The molecule has 0 saturated heterocycles. The molecular formula is C23H28BrNO3. The Morgan fingerprint density at radius 3 is 2.57 bits per heavy atom. The van der Waals surface area contributed by atoms with Crippen LogP contribution in [0.5, 0.6) is 5.75 Å². The fourth-order valence-corrected chi connectivity index (χ4v) is 4.17. The van der Waals surface area contributed by atoms with E-state index < -0.39 is 5.60 Å². The number of benzene rings is 2. The summed E-state index contributed by atoms with van der Waals surface area (Å²) >= 11 is 3.55. The van der Waals surface area contributed by atoms with E-state index in [0.29, 0.717) is 5.75 Å². The number of aryl methyl sites for hydroxylation is 2. The van der Waals surface area contributed by atoms with Crippen LogP contribution in [0.15, 0.2) is 46.9 Å². The number of hydrogen-bond acceptors (Lipinski definition) is 3. The average Bonchev–Trinajstić information content (AvgIpc) is 2.64. The number of hydrogen-bond donors (Lipinski definition) is 0. The number of ether oxygens (including phenoxy) is 2. The number of halogens is 1. The first-order valence-corrected chi connectivity index (χ1v) is 10.5. The van der Waals surface area contributed by atoms with Gasteiger partial charge in [0.15, 0.2) is 0 Å². The summed E-state index contributed by atoms with van der Waals surface area (Å²) in [6.45, 7) is 5.69. The summed E-state index contributed by atoms with van der Waals surface area (Å²) in [4.78, 5) is 15.0. The van der Waals surface area contributed by atoms with Gasteiger partial charge in [0.2, 0.25) is 0 Å². The second kappa shape index (κ2) is 8.56. The molecule has 28 heavy (non-hydrogen) atoms. The zero-order valence-electron chi connectivity index (χ0n) is 17.0. The zero-order valence-corrected chi connectivity index (χ0v) is 18.6. The first-order valence-electron chi connectivity index (χ1n) is 9.71. The van der Waals surface area contributed by atoms with Gasteiger partial charge in [0.25, 0.3) is 0 Å². The number of carbonyl (C=O) groups excluding carboxylic acids is 1. The van der Waals surface area contributed by atoms with E-state index >= 15 is 0 Å². The monoisotopic (exact) mass is 445 g/mol. The van der Waals surface area contributed by atoms with Gasteiger partial charge in [0.1, 0.15) is 11.4 Å². The minimum absolute atomic E-state index is 0.0673. The summed E-state index contributed by atoms with van der Waals surface area (Å²) in [6, 6.07) is 14.4. The Morgan fingerprint density at radius 1 is 1.21 bits per heavy atom. The van der Waals surface area contributed by atoms with Crippen molar-refractivity contribution in [1.29, 1.82) is 0 Å². The van der Waals surface area contributed by atoms with Gasteiger partial charge in [-0.15, -0.1) is 0 Å². The molecule has 4 nitrogen and oxygen atoms in total. The van der Waals surface area contributed by atoms with E-state index in [9.17, 15) is 4.79 Å². The van der Waals surface area contributed by atoms with Crippen molar-refractivity contribution in [2.75, 3.05) is 12.0 Å². The molecule has 3 rings (SSSR count). The minimum Gasteiger partial charge on any atom is -0.495 e. The number of nitrogens with zero attached hydrogens (tertiary/aromatic N) is 1. The van der Waals surface area contributed by atoms with Crippen LogP contribution in [-0.2, 0) is 17.6 Å². The van der Waals surface area contributed by atoms with Crippen molar-refractivity contribution < 1.29 is 14.3 Å². The van der Waals surface area contributed by atoms with Crippen molar-refractivity contribution in [3.63, 3.8) is 0 Å². The molecule has 0 aromatic heterocycles. The van der Waals surface area contributed by atoms with E-state index in [4.69, 9.17) is 9.47 Å².